The van der Waals surface area contributed by atoms with Crippen molar-refractivity contribution in [2.75, 3.05) is 19.3 Å². The molecular formula is C13H27NSi. The van der Waals surface area contributed by atoms with Crippen LogP contribution in [0, 0.1) is 0 Å². The number of rotatable bonds is 7. The Morgan fingerprint density at radius 2 is 1.73 bits per heavy atom. The Bertz CT molecular complexity index is 203. The van der Waals surface area contributed by atoms with Crippen molar-refractivity contribution in [1.29, 1.82) is 0 Å². The summed E-state index contributed by atoms with van der Waals surface area (Å²) in [6.07, 6.45) is 5.49. The van der Waals surface area contributed by atoms with Crippen LogP contribution in [0.4, 0.5) is 0 Å². The largest absolute Gasteiger partial charge is 0.306 e. The average Bonchev–Trinajstić information content (AvgIpc) is 2.11. The minimum absolute atomic E-state index is 1.17. The molecule has 0 spiro atoms. The molecule has 0 saturated carbocycles. The van der Waals surface area contributed by atoms with E-state index in [2.05, 4.69) is 32.3 Å². The van der Waals surface area contributed by atoms with E-state index in [9.17, 15) is 0 Å². The molecule has 1 fully saturated rings. The fraction of sp³-hybridized carbons (Fsp3) is 0.846. The maximum absolute atomic E-state index is 4.31. The van der Waals surface area contributed by atoms with Crippen molar-refractivity contribution in [3.63, 3.8) is 0 Å². The van der Waals surface area contributed by atoms with E-state index in [1.165, 1.54) is 55.8 Å². The smallest absolute Gasteiger partial charge is 0.0946 e. The Labute approximate surface area is 96.6 Å². The molecular weight excluding hydrogens is 198 g/mol. The quantitative estimate of drug-likeness (QED) is 0.598. The van der Waals surface area contributed by atoms with Crippen molar-refractivity contribution in [3.05, 3.63) is 11.8 Å². The Hall–Kier alpha value is -0.0831. The van der Waals surface area contributed by atoms with Crippen LogP contribution in [0.2, 0.25) is 12.1 Å². The first kappa shape index (κ1) is 13.0. The summed E-state index contributed by atoms with van der Waals surface area (Å²) >= 11 is 0. The van der Waals surface area contributed by atoms with Gasteiger partial charge in [-0.15, -0.1) is 6.58 Å². The molecule has 0 atom stereocenters. The van der Waals surface area contributed by atoms with E-state index in [-0.39, 0.29) is 0 Å². The van der Waals surface area contributed by atoms with Crippen molar-refractivity contribution < 1.29 is 0 Å². The zero-order valence-corrected chi connectivity index (χ0v) is 11.8. The van der Waals surface area contributed by atoms with E-state index in [0.29, 0.717) is 0 Å². The first-order valence-corrected chi connectivity index (χ1v) is 9.15. The lowest BCUT2D eigenvalue weighted by molar-refractivity contribution is 0.210. The van der Waals surface area contributed by atoms with Crippen LogP contribution in [0.25, 0.3) is 0 Å². The number of allylic oxidation sites excluding steroid dienone is 1. The van der Waals surface area contributed by atoms with Crippen LogP contribution in [0.1, 0.15) is 40.0 Å². The number of hydrogen-bond donors (Lipinski definition) is 0. The van der Waals surface area contributed by atoms with Crippen LogP contribution >= 0.6 is 0 Å². The molecule has 1 heterocycles. The minimum Gasteiger partial charge on any atom is -0.306 e. The van der Waals surface area contributed by atoms with Crippen LogP contribution in [-0.4, -0.2) is 32.2 Å². The van der Waals surface area contributed by atoms with Gasteiger partial charge in [0.25, 0.3) is 0 Å². The molecule has 0 amide bonds. The number of hydrogen-bond acceptors (Lipinski definition) is 1. The Morgan fingerprint density at radius 3 is 2.00 bits per heavy atom. The number of likely N-dealkylation sites (tertiary alicyclic amines) is 1. The van der Waals surface area contributed by atoms with Crippen molar-refractivity contribution in [2.45, 2.75) is 52.1 Å². The lowest BCUT2D eigenvalue weighted by Crippen LogP contribution is -2.52. The molecule has 1 rings (SSSR count). The van der Waals surface area contributed by atoms with E-state index in [4.69, 9.17) is 0 Å². The lowest BCUT2D eigenvalue weighted by Gasteiger charge is -2.41. The molecule has 15 heavy (non-hydrogen) atoms. The summed E-state index contributed by atoms with van der Waals surface area (Å²) in [7, 11) is -1.17. The van der Waals surface area contributed by atoms with Gasteiger partial charge in [-0.05, 0) is 32.6 Å². The second-order valence-corrected chi connectivity index (χ2v) is 9.92. The third-order valence-electron chi connectivity index (χ3n) is 3.84. The van der Waals surface area contributed by atoms with Gasteiger partial charge in [-0.1, -0.05) is 44.0 Å². The third kappa shape index (κ3) is 3.18. The summed E-state index contributed by atoms with van der Waals surface area (Å²) in [5.41, 5.74) is 0. The highest BCUT2D eigenvalue weighted by molar-refractivity contribution is 6.86. The second-order valence-electron chi connectivity index (χ2n) is 5.19. The van der Waals surface area contributed by atoms with Crippen LogP contribution < -0.4 is 0 Å². The Kier molecular flexibility index (Phi) is 5.07. The molecule has 0 unspecified atom stereocenters. The summed E-state index contributed by atoms with van der Waals surface area (Å²) in [5.74, 6) is 0. The van der Waals surface area contributed by atoms with Gasteiger partial charge in [-0.25, -0.2) is 0 Å². The van der Waals surface area contributed by atoms with E-state index in [1.807, 2.05) is 0 Å². The predicted molar refractivity (Wildman–Crippen MR) is 71.8 cm³/mol. The number of nitrogens with zero attached hydrogens (tertiary/aromatic N) is 1. The molecule has 1 saturated heterocycles. The molecule has 0 N–H and O–H groups in total. The van der Waals surface area contributed by atoms with E-state index in [0.717, 1.165) is 0 Å². The highest BCUT2D eigenvalue weighted by atomic mass is 28.3. The molecule has 1 aliphatic rings. The zero-order chi connectivity index (χ0) is 11.3. The van der Waals surface area contributed by atoms with Gasteiger partial charge in [0.1, 0.15) is 0 Å². The summed E-state index contributed by atoms with van der Waals surface area (Å²) in [5, 5.41) is 1.54. The van der Waals surface area contributed by atoms with Gasteiger partial charge in [0, 0.05) is 0 Å². The van der Waals surface area contributed by atoms with E-state index >= 15 is 0 Å². The first-order valence-electron chi connectivity index (χ1n) is 6.53. The molecule has 0 aromatic carbocycles. The summed E-state index contributed by atoms with van der Waals surface area (Å²) in [6, 6.07) is 2.90. The van der Waals surface area contributed by atoms with Crippen LogP contribution in [0.15, 0.2) is 11.8 Å². The standard InChI is InChI=1S/C13H27NSi/c1-5-10-15(11-6-2,13(3)4)12-14-8-7-9-14/h3,5-12H2,1-2,4H3. The maximum atomic E-state index is 4.31. The predicted octanol–water partition coefficient (Wildman–Crippen LogP) is 3.62. The van der Waals surface area contributed by atoms with Crippen molar-refractivity contribution >= 4 is 8.07 Å². The monoisotopic (exact) mass is 225 g/mol. The second kappa shape index (κ2) is 5.85. The van der Waals surface area contributed by atoms with E-state index in [1.54, 1.807) is 0 Å². The summed E-state index contributed by atoms with van der Waals surface area (Å²) < 4.78 is 0. The first-order chi connectivity index (χ1) is 7.14. The fourth-order valence-electron chi connectivity index (χ4n) is 2.77. The summed E-state index contributed by atoms with van der Waals surface area (Å²) in [4.78, 5) is 2.66. The molecule has 0 aliphatic carbocycles. The average molecular weight is 225 g/mol. The zero-order valence-electron chi connectivity index (χ0n) is 10.8. The fourth-order valence-corrected chi connectivity index (χ4v) is 7.55. The third-order valence-corrected chi connectivity index (χ3v) is 9.61. The van der Waals surface area contributed by atoms with E-state index < -0.39 is 8.07 Å². The molecule has 88 valence electrons. The van der Waals surface area contributed by atoms with Gasteiger partial charge < -0.3 is 4.90 Å². The molecule has 2 heteroatoms. The summed E-state index contributed by atoms with van der Waals surface area (Å²) in [6.45, 7) is 13.9. The highest BCUT2D eigenvalue weighted by Crippen LogP contribution is 2.29. The molecule has 0 bridgehead atoms. The van der Waals surface area contributed by atoms with Crippen molar-refractivity contribution in [1.82, 2.24) is 4.90 Å². The SMILES string of the molecule is C=C(C)[Si](CCC)(CCC)CN1CCC1. The highest BCUT2D eigenvalue weighted by Gasteiger charge is 2.35. The molecule has 0 aromatic rings. The topological polar surface area (TPSA) is 3.24 Å². The maximum Gasteiger partial charge on any atom is 0.0946 e. The van der Waals surface area contributed by atoms with Gasteiger partial charge in [0.2, 0.25) is 0 Å². The van der Waals surface area contributed by atoms with Gasteiger partial charge in [-0.2, -0.15) is 0 Å². The molecule has 0 aromatic heterocycles. The Morgan fingerprint density at radius 1 is 1.20 bits per heavy atom. The normalized spacial score (nSPS) is 17.5. The van der Waals surface area contributed by atoms with Crippen LogP contribution in [0.3, 0.4) is 0 Å². The van der Waals surface area contributed by atoms with Gasteiger partial charge in [0.05, 0.1) is 8.07 Å². The van der Waals surface area contributed by atoms with Crippen molar-refractivity contribution in [3.8, 4) is 0 Å². The Balaban J connectivity index is 2.64. The van der Waals surface area contributed by atoms with Gasteiger partial charge in [-0.3, -0.25) is 0 Å². The van der Waals surface area contributed by atoms with Gasteiger partial charge >= 0.3 is 0 Å². The van der Waals surface area contributed by atoms with Crippen LogP contribution in [0.5, 0.6) is 0 Å². The molecule has 1 nitrogen and oxygen atoms in total. The van der Waals surface area contributed by atoms with Gasteiger partial charge in [0.15, 0.2) is 0 Å². The van der Waals surface area contributed by atoms with Crippen molar-refractivity contribution in [2.24, 2.45) is 0 Å². The molecule has 1 aliphatic heterocycles. The molecule has 0 radical (unpaired) electrons. The van der Waals surface area contributed by atoms with Crippen LogP contribution in [-0.2, 0) is 0 Å². The lowest BCUT2D eigenvalue weighted by atomic mass is 10.2. The minimum atomic E-state index is -1.17.